The number of morpholine rings is 1. The van der Waals surface area contributed by atoms with Gasteiger partial charge in [-0.1, -0.05) is 39.0 Å². The van der Waals surface area contributed by atoms with Crippen LogP contribution in [0, 0.1) is 0 Å². The van der Waals surface area contributed by atoms with Crippen molar-refractivity contribution in [1.29, 1.82) is 0 Å². The minimum absolute atomic E-state index is 0.0249. The number of nitrogens with zero attached hydrogens (tertiary/aromatic N) is 1. The third kappa shape index (κ3) is 6.87. The number of rotatable bonds is 6. The highest BCUT2D eigenvalue weighted by molar-refractivity contribution is 7.89. The molecule has 10 nitrogen and oxygen atoms in total. The largest absolute Gasteiger partial charge is 0.379 e. The van der Waals surface area contributed by atoms with Crippen molar-refractivity contribution in [2.45, 2.75) is 31.1 Å². The maximum atomic E-state index is 12.8. The van der Waals surface area contributed by atoms with Gasteiger partial charge in [0, 0.05) is 24.2 Å². The van der Waals surface area contributed by atoms with Gasteiger partial charge in [0.05, 0.1) is 24.7 Å². The number of carbonyl (C=O) groups excluding carboxylic acids is 3. The Morgan fingerprint density at radius 2 is 1.57 bits per heavy atom. The number of carbonyl (C=O) groups is 3. The smallest absolute Gasteiger partial charge is 0.269 e. The van der Waals surface area contributed by atoms with Gasteiger partial charge in [-0.25, -0.2) is 8.42 Å². The molecule has 1 fully saturated rings. The average Bonchev–Trinajstić information content (AvgIpc) is 2.86. The van der Waals surface area contributed by atoms with Crippen LogP contribution in [0.1, 0.15) is 47.1 Å². The summed E-state index contributed by atoms with van der Waals surface area (Å²) in [6.07, 6.45) is 0. The molecule has 1 aliphatic rings. The molecule has 0 aromatic heterocycles. The van der Waals surface area contributed by atoms with E-state index in [1.165, 1.54) is 28.6 Å². The molecule has 3 rings (SSSR count). The molecule has 1 aliphatic heterocycles. The molecular weight excluding hydrogens is 472 g/mol. The van der Waals surface area contributed by atoms with Crippen LogP contribution in [0.2, 0.25) is 0 Å². The molecule has 1 heterocycles. The van der Waals surface area contributed by atoms with Crippen LogP contribution in [-0.4, -0.2) is 63.3 Å². The van der Waals surface area contributed by atoms with Gasteiger partial charge < -0.3 is 10.1 Å². The van der Waals surface area contributed by atoms with E-state index in [1.807, 2.05) is 12.1 Å². The molecule has 3 amide bonds. The number of benzene rings is 2. The third-order valence-electron chi connectivity index (χ3n) is 5.44. The molecule has 3 N–H and O–H groups in total. The Kier molecular flexibility index (Phi) is 8.26. The number of hydrazine groups is 1. The second-order valence-electron chi connectivity index (χ2n) is 9.06. The normalized spacial score (nSPS) is 14.7. The number of hydrogen-bond donors (Lipinski definition) is 3. The highest BCUT2D eigenvalue weighted by Crippen LogP contribution is 2.22. The van der Waals surface area contributed by atoms with E-state index in [2.05, 4.69) is 36.9 Å². The number of nitrogens with one attached hydrogen (secondary N) is 3. The molecule has 0 saturated carbocycles. The summed E-state index contributed by atoms with van der Waals surface area (Å²) in [5.41, 5.74) is 5.94. The van der Waals surface area contributed by atoms with Crippen molar-refractivity contribution in [3.63, 3.8) is 0 Å². The zero-order valence-corrected chi connectivity index (χ0v) is 20.8. The van der Waals surface area contributed by atoms with E-state index in [4.69, 9.17) is 4.74 Å². The van der Waals surface area contributed by atoms with Crippen LogP contribution >= 0.6 is 0 Å². The molecule has 0 unspecified atom stereocenters. The van der Waals surface area contributed by atoms with Gasteiger partial charge in [-0.05, 0) is 41.3 Å². The maximum absolute atomic E-state index is 12.8. The Hall–Kier alpha value is -3.28. The fraction of sp³-hybridized carbons (Fsp3) is 0.375. The fourth-order valence-electron chi connectivity index (χ4n) is 3.36. The summed E-state index contributed by atoms with van der Waals surface area (Å²) in [6, 6.07) is 12.6. The van der Waals surface area contributed by atoms with Crippen molar-refractivity contribution in [2.75, 3.05) is 32.8 Å². The van der Waals surface area contributed by atoms with Crippen molar-refractivity contribution in [2.24, 2.45) is 0 Å². The van der Waals surface area contributed by atoms with Crippen LogP contribution in [0.5, 0.6) is 0 Å². The molecular formula is C24H30N4O6S. The lowest BCUT2D eigenvalue weighted by atomic mass is 9.87. The molecule has 0 bridgehead atoms. The molecule has 0 radical (unpaired) electrons. The zero-order chi connectivity index (χ0) is 25.6. The average molecular weight is 503 g/mol. The zero-order valence-electron chi connectivity index (χ0n) is 20.0. The van der Waals surface area contributed by atoms with E-state index >= 15 is 0 Å². The van der Waals surface area contributed by atoms with Gasteiger partial charge in [0.2, 0.25) is 10.0 Å². The SMILES string of the molecule is CC(C)(C)c1ccc(C(=O)NCC(=O)NNC(=O)c2cccc(S(=O)(=O)N3CCOCC3)c2)cc1. The molecule has 2 aromatic carbocycles. The van der Waals surface area contributed by atoms with E-state index in [0.717, 1.165) is 5.56 Å². The van der Waals surface area contributed by atoms with E-state index < -0.39 is 27.7 Å². The Morgan fingerprint density at radius 3 is 2.20 bits per heavy atom. The van der Waals surface area contributed by atoms with Crippen LogP contribution in [0.4, 0.5) is 0 Å². The lowest BCUT2D eigenvalue weighted by Crippen LogP contribution is -2.46. The summed E-state index contributed by atoms with van der Waals surface area (Å²) in [4.78, 5) is 36.8. The van der Waals surface area contributed by atoms with Crippen molar-refractivity contribution < 1.29 is 27.5 Å². The highest BCUT2D eigenvalue weighted by atomic mass is 32.2. The van der Waals surface area contributed by atoms with Crippen LogP contribution in [-0.2, 0) is 25.0 Å². The second kappa shape index (κ2) is 11.0. The minimum Gasteiger partial charge on any atom is -0.379 e. The Labute approximate surface area is 205 Å². The molecule has 1 saturated heterocycles. The second-order valence-corrected chi connectivity index (χ2v) is 11.0. The first-order chi connectivity index (χ1) is 16.5. The first kappa shape index (κ1) is 26.3. The molecule has 35 heavy (non-hydrogen) atoms. The highest BCUT2D eigenvalue weighted by Gasteiger charge is 2.27. The van der Waals surface area contributed by atoms with Gasteiger partial charge in [-0.2, -0.15) is 4.31 Å². The summed E-state index contributed by atoms with van der Waals surface area (Å²) in [7, 11) is -3.77. The van der Waals surface area contributed by atoms with Gasteiger partial charge in [-0.3, -0.25) is 25.2 Å². The molecule has 11 heteroatoms. The van der Waals surface area contributed by atoms with Gasteiger partial charge in [0.25, 0.3) is 17.7 Å². The van der Waals surface area contributed by atoms with Gasteiger partial charge in [-0.15, -0.1) is 0 Å². The Morgan fingerprint density at radius 1 is 0.914 bits per heavy atom. The lowest BCUT2D eigenvalue weighted by molar-refractivity contribution is -0.120. The maximum Gasteiger partial charge on any atom is 0.269 e. The predicted molar refractivity (Wildman–Crippen MR) is 129 cm³/mol. The number of sulfonamides is 1. The van der Waals surface area contributed by atoms with Gasteiger partial charge >= 0.3 is 0 Å². The molecule has 0 aliphatic carbocycles. The lowest BCUT2D eigenvalue weighted by Gasteiger charge is -2.26. The van der Waals surface area contributed by atoms with E-state index in [0.29, 0.717) is 18.8 Å². The van der Waals surface area contributed by atoms with Gasteiger partial charge in [0.1, 0.15) is 0 Å². The van der Waals surface area contributed by atoms with Crippen LogP contribution in [0.3, 0.4) is 0 Å². The van der Waals surface area contributed by atoms with Crippen molar-refractivity contribution in [3.05, 3.63) is 65.2 Å². The Bertz CT molecular complexity index is 1180. The van der Waals surface area contributed by atoms with Crippen molar-refractivity contribution >= 4 is 27.7 Å². The summed E-state index contributed by atoms with van der Waals surface area (Å²) < 4.78 is 32.1. The van der Waals surface area contributed by atoms with Crippen LogP contribution < -0.4 is 16.2 Å². The number of hydrogen-bond acceptors (Lipinski definition) is 6. The van der Waals surface area contributed by atoms with E-state index in [1.54, 1.807) is 12.1 Å². The summed E-state index contributed by atoms with van der Waals surface area (Å²) in [5, 5.41) is 2.49. The fourth-order valence-corrected chi connectivity index (χ4v) is 4.82. The monoisotopic (exact) mass is 502 g/mol. The number of ether oxygens (including phenoxy) is 1. The molecule has 2 aromatic rings. The minimum atomic E-state index is -3.77. The van der Waals surface area contributed by atoms with Crippen molar-refractivity contribution in [3.8, 4) is 0 Å². The molecule has 0 spiro atoms. The summed E-state index contributed by atoms with van der Waals surface area (Å²) in [6.45, 7) is 6.95. The van der Waals surface area contributed by atoms with Crippen LogP contribution in [0.25, 0.3) is 0 Å². The first-order valence-electron chi connectivity index (χ1n) is 11.1. The predicted octanol–water partition coefficient (Wildman–Crippen LogP) is 1.20. The molecule has 0 atom stereocenters. The van der Waals surface area contributed by atoms with E-state index in [-0.39, 0.29) is 35.5 Å². The summed E-state index contributed by atoms with van der Waals surface area (Å²) in [5.74, 6) is -1.76. The Balaban J connectivity index is 1.52. The standard InChI is InChI=1S/C24H30N4O6S/c1-24(2,3)19-9-7-17(8-10-19)22(30)25-16-21(29)26-27-23(31)18-5-4-6-20(15-18)35(32,33)28-11-13-34-14-12-28/h4-10,15H,11-14,16H2,1-3H3,(H,25,30)(H,26,29)(H,27,31). The van der Waals surface area contributed by atoms with Crippen LogP contribution in [0.15, 0.2) is 53.4 Å². The van der Waals surface area contributed by atoms with E-state index in [9.17, 15) is 22.8 Å². The van der Waals surface area contributed by atoms with Crippen molar-refractivity contribution in [1.82, 2.24) is 20.5 Å². The molecule has 188 valence electrons. The summed E-state index contributed by atoms with van der Waals surface area (Å²) >= 11 is 0. The first-order valence-corrected chi connectivity index (χ1v) is 12.6. The topological polar surface area (TPSA) is 134 Å². The third-order valence-corrected chi connectivity index (χ3v) is 7.34. The van der Waals surface area contributed by atoms with Gasteiger partial charge in [0.15, 0.2) is 0 Å². The number of amides is 3. The quantitative estimate of drug-likeness (QED) is 0.508.